The first-order valence-electron chi connectivity index (χ1n) is 9.12. The van der Waals surface area contributed by atoms with Crippen molar-refractivity contribution in [1.29, 1.82) is 5.26 Å². The second-order valence-electron chi connectivity index (χ2n) is 6.26. The summed E-state index contributed by atoms with van der Waals surface area (Å²) in [4.78, 5) is 23.6. The van der Waals surface area contributed by atoms with Gasteiger partial charge in [0.25, 0.3) is 0 Å². The first kappa shape index (κ1) is 20.8. The van der Waals surface area contributed by atoms with E-state index in [2.05, 4.69) is 10.6 Å². The predicted octanol–water partition coefficient (Wildman–Crippen LogP) is 3.57. The molecule has 0 saturated carbocycles. The molecule has 0 radical (unpaired) electrons. The zero-order valence-corrected chi connectivity index (χ0v) is 15.6. The second-order valence-corrected chi connectivity index (χ2v) is 6.26. The topological polar surface area (TPSA) is 117 Å². The van der Waals surface area contributed by atoms with Crippen LogP contribution in [0.4, 0.5) is 16.2 Å². The van der Waals surface area contributed by atoms with Gasteiger partial charge in [-0.05, 0) is 36.6 Å². The van der Waals surface area contributed by atoms with Gasteiger partial charge in [0, 0.05) is 13.0 Å². The lowest BCUT2D eigenvalue weighted by molar-refractivity contribution is -0.116. The Kier molecular flexibility index (Phi) is 8.34. The number of nitrogens with zero attached hydrogens (tertiary/aromatic N) is 1. The highest BCUT2D eigenvalue weighted by molar-refractivity contribution is 5.94. The van der Waals surface area contributed by atoms with Gasteiger partial charge in [0.1, 0.15) is 6.61 Å². The van der Waals surface area contributed by atoms with Crippen LogP contribution >= 0.6 is 0 Å². The highest BCUT2D eigenvalue weighted by Crippen LogP contribution is 2.20. The van der Waals surface area contributed by atoms with E-state index in [1.807, 2.05) is 36.4 Å². The van der Waals surface area contributed by atoms with Crippen LogP contribution in [0.2, 0.25) is 0 Å². The average molecular weight is 380 g/mol. The number of nitrogens with two attached hydrogens (primary N) is 1. The molecule has 0 aromatic heterocycles. The van der Waals surface area contributed by atoms with E-state index >= 15 is 0 Å². The summed E-state index contributed by atoms with van der Waals surface area (Å²) in [5.41, 5.74) is 8.05. The molecule has 7 heteroatoms. The number of nitrogens with one attached hydrogen (secondary N) is 2. The van der Waals surface area contributed by atoms with Gasteiger partial charge < -0.3 is 21.1 Å². The second kappa shape index (κ2) is 11.2. The maximum absolute atomic E-state index is 12.0. The van der Waals surface area contributed by atoms with Gasteiger partial charge in [0.05, 0.1) is 23.0 Å². The van der Waals surface area contributed by atoms with E-state index in [-0.39, 0.29) is 12.5 Å². The van der Waals surface area contributed by atoms with E-state index in [4.69, 9.17) is 15.7 Å². The molecule has 0 aliphatic heterocycles. The van der Waals surface area contributed by atoms with Crippen molar-refractivity contribution in [2.24, 2.45) is 0 Å². The zero-order chi connectivity index (χ0) is 20.2. The van der Waals surface area contributed by atoms with E-state index in [1.165, 1.54) is 0 Å². The summed E-state index contributed by atoms with van der Waals surface area (Å²) in [6.07, 6.45) is 2.12. The van der Waals surface area contributed by atoms with E-state index in [0.29, 0.717) is 36.3 Å². The largest absolute Gasteiger partial charge is 0.445 e. The fraction of sp³-hybridized carbons (Fsp3) is 0.286. The molecule has 0 aliphatic rings. The predicted molar refractivity (Wildman–Crippen MR) is 107 cm³/mol. The molecule has 0 bridgehead atoms. The molecule has 2 amide bonds. The molecule has 0 saturated heterocycles. The van der Waals surface area contributed by atoms with Gasteiger partial charge in [-0.15, -0.1) is 0 Å². The summed E-state index contributed by atoms with van der Waals surface area (Å²) in [6.45, 7) is 0.732. The van der Waals surface area contributed by atoms with Crippen LogP contribution in [-0.2, 0) is 16.1 Å². The zero-order valence-electron chi connectivity index (χ0n) is 15.6. The number of anilines is 2. The van der Waals surface area contributed by atoms with E-state index in [9.17, 15) is 9.59 Å². The Morgan fingerprint density at radius 3 is 2.61 bits per heavy atom. The van der Waals surface area contributed by atoms with Gasteiger partial charge in [-0.3, -0.25) is 4.79 Å². The first-order chi connectivity index (χ1) is 13.6. The Morgan fingerprint density at radius 2 is 1.86 bits per heavy atom. The van der Waals surface area contributed by atoms with Crippen molar-refractivity contribution in [3.05, 3.63) is 59.7 Å². The monoisotopic (exact) mass is 380 g/mol. The molecule has 0 fully saturated rings. The lowest BCUT2D eigenvalue weighted by atomic mass is 10.1. The van der Waals surface area contributed by atoms with E-state index < -0.39 is 6.09 Å². The number of alkyl carbamates (subject to hydrolysis) is 1. The summed E-state index contributed by atoms with van der Waals surface area (Å²) in [7, 11) is 0. The van der Waals surface area contributed by atoms with Crippen molar-refractivity contribution >= 4 is 23.4 Å². The number of hydrogen-bond donors (Lipinski definition) is 3. The Morgan fingerprint density at radius 1 is 1.07 bits per heavy atom. The summed E-state index contributed by atoms with van der Waals surface area (Å²) < 4.78 is 5.12. The first-order valence-corrected chi connectivity index (χ1v) is 9.12. The number of ether oxygens (including phenoxy) is 1. The molecule has 0 heterocycles. The van der Waals surface area contributed by atoms with Crippen LogP contribution in [0.3, 0.4) is 0 Å². The van der Waals surface area contributed by atoms with Gasteiger partial charge in [-0.1, -0.05) is 36.8 Å². The third kappa shape index (κ3) is 7.38. The fourth-order valence-corrected chi connectivity index (χ4v) is 2.50. The lowest BCUT2D eigenvalue weighted by Gasteiger charge is -2.09. The molecule has 146 valence electrons. The smallest absolute Gasteiger partial charge is 0.407 e. The van der Waals surface area contributed by atoms with E-state index in [1.54, 1.807) is 18.2 Å². The van der Waals surface area contributed by atoms with Crippen LogP contribution in [0, 0.1) is 11.3 Å². The number of carbonyl (C=O) groups is 2. The molecular weight excluding hydrogens is 356 g/mol. The van der Waals surface area contributed by atoms with Gasteiger partial charge in [-0.25, -0.2) is 4.79 Å². The molecule has 4 N–H and O–H groups in total. The number of nitriles is 1. The number of hydrogen-bond acceptors (Lipinski definition) is 5. The Bertz CT molecular complexity index is 831. The van der Waals surface area contributed by atoms with Crippen LogP contribution in [0.5, 0.6) is 0 Å². The molecule has 0 atom stereocenters. The number of nitrogen functional groups attached to an aromatic ring is 1. The molecule has 0 aliphatic carbocycles. The van der Waals surface area contributed by atoms with Crippen molar-refractivity contribution in [3.8, 4) is 6.07 Å². The molecular formula is C21H24N4O3. The minimum absolute atomic E-state index is 0.156. The maximum atomic E-state index is 12.0. The van der Waals surface area contributed by atoms with E-state index in [0.717, 1.165) is 18.4 Å². The Labute approximate surface area is 164 Å². The molecule has 0 spiro atoms. The molecule has 2 aromatic carbocycles. The van der Waals surface area contributed by atoms with Gasteiger partial charge in [-0.2, -0.15) is 5.26 Å². The van der Waals surface area contributed by atoms with Crippen LogP contribution in [0.1, 0.15) is 36.8 Å². The van der Waals surface area contributed by atoms with Crippen LogP contribution in [-0.4, -0.2) is 18.5 Å². The van der Waals surface area contributed by atoms with Gasteiger partial charge in [0.2, 0.25) is 5.91 Å². The fourth-order valence-electron chi connectivity index (χ4n) is 2.50. The Hall–Kier alpha value is -3.53. The highest BCUT2D eigenvalue weighted by atomic mass is 16.5. The van der Waals surface area contributed by atoms with Crippen LogP contribution in [0.15, 0.2) is 48.5 Å². The average Bonchev–Trinajstić information content (AvgIpc) is 2.71. The van der Waals surface area contributed by atoms with Gasteiger partial charge >= 0.3 is 6.09 Å². The van der Waals surface area contributed by atoms with Crippen molar-refractivity contribution in [1.82, 2.24) is 5.32 Å². The minimum Gasteiger partial charge on any atom is -0.445 e. The van der Waals surface area contributed by atoms with Crippen molar-refractivity contribution < 1.29 is 14.3 Å². The van der Waals surface area contributed by atoms with Crippen molar-refractivity contribution in [2.75, 3.05) is 17.6 Å². The van der Waals surface area contributed by atoms with Gasteiger partial charge in [0.15, 0.2) is 0 Å². The number of rotatable bonds is 9. The third-order valence-electron chi connectivity index (χ3n) is 4.02. The quantitative estimate of drug-likeness (QED) is 0.454. The van der Waals surface area contributed by atoms with Crippen molar-refractivity contribution in [3.63, 3.8) is 0 Å². The number of amides is 2. The summed E-state index contributed by atoms with van der Waals surface area (Å²) in [5.74, 6) is -0.156. The molecule has 2 aromatic rings. The lowest BCUT2D eigenvalue weighted by Crippen LogP contribution is -2.25. The third-order valence-corrected chi connectivity index (χ3v) is 4.02. The molecule has 28 heavy (non-hydrogen) atoms. The molecule has 2 rings (SSSR count). The maximum Gasteiger partial charge on any atom is 0.407 e. The highest BCUT2D eigenvalue weighted by Gasteiger charge is 2.07. The SMILES string of the molecule is N#Cc1ccc(N)c(NC(=O)CCCCCNC(=O)OCc2ccccc2)c1. The normalized spacial score (nSPS) is 9.96. The number of carbonyl (C=O) groups excluding carboxylic acids is 2. The van der Waals surface area contributed by atoms with Crippen LogP contribution in [0.25, 0.3) is 0 Å². The van der Waals surface area contributed by atoms with Crippen molar-refractivity contribution in [2.45, 2.75) is 32.3 Å². The number of unbranched alkanes of at least 4 members (excludes halogenated alkanes) is 2. The molecule has 0 unspecified atom stereocenters. The molecule has 7 nitrogen and oxygen atoms in total. The summed E-state index contributed by atoms with van der Waals surface area (Å²) >= 11 is 0. The number of benzene rings is 2. The minimum atomic E-state index is -0.450. The summed E-state index contributed by atoms with van der Waals surface area (Å²) in [6, 6.07) is 16.2. The standard InChI is InChI=1S/C21H24N4O3/c22-14-17-10-11-18(23)19(13-17)25-20(26)9-5-2-6-12-24-21(27)28-15-16-7-3-1-4-8-16/h1,3-4,7-8,10-11,13H,2,5-6,9,12,15,23H2,(H,24,27)(H,25,26). The Balaban J connectivity index is 1.56. The van der Waals surface area contributed by atoms with Crippen LogP contribution < -0.4 is 16.4 Å². The summed E-state index contributed by atoms with van der Waals surface area (Å²) in [5, 5.41) is 14.3.